The molecule has 2 atom stereocenters. The van der Waals surface area contributed by atoms with Crippen molar-refractivity contribution in [3.05, 3.63) is 17.5 Å². The minimum absolute atomic E-state index is 0.0212. The van der Waals surface area contributed by atoms with Gasteiger partial charge < -0.3 is 15.2 Å². The van der Waals surface area contributed by atoms with Gasteiger partial charge in [-0.3, -0.25) is 4.79 Å². The molecule has 130 valence electrons. The van der Waals surface area contributed by atoms with E-state index in [-0.39, 0.29) is 17.4 Å². The normalized spacial score (nSPS) is 22.3. The molecule has 0 aliphatic carbocycles. The molecule has 0 saturated carbocycles. The van der Waals surface area contributed by atoms with Crippen LogP contribution in [0.1, 0.15) is 58.9 Å². The average molecular weight is 321 g/mol. The molecule has 1 aromatic heterocycles. The van der Waals surface area contributed by atoms with Crippen molar-refractivity contribution < 1.29 is 9.32 Å². The van der Waals surface area contributed by atoms with Gasteiger partial charge in [-0.05, 0) is 51.6 Å². The summed E-state index contributed by atoms with van der Waals surface area (Å²) in [6, 6.07) is 2.27. The Morgan fingerprint density at radius 1 is 1.43 bits per heavy atom. The van der Waals surface area contributed by atoms with Crippen molar-refractivity contribution in [1.82, 2.24) is 15.8 Å². The van der Waals surface area contributed by atoms with Crippen molar-refractivity contribution >= 4 is 5.91 Å². The highest BCUT2D eigenvalue weighted by molar-refractivity contribution is 5.76. The second kappa shape index (κ2) is 7.47. The van der Waals surface area contributed by atoms with E-state index in [1.807, 2.05) is 13.8 Å². The molecule has 1 aliphatic rings. The zero-order valence-corrected chi connectivity index (χ0v) is 15.1. The Hall–Kier alpha value is -1.36. The number of aromatic nitrogens is 1. The molecule has 1 amide bonds. The number of amides is 1. The molecule has 1 aliphatic heterocycles. The van der Waals surface area contributed by atoms with Gasteiger partial charge >= 0.3 is 0 Å². The van der Waals surface area contributed by atoms with E-state index < -0.39 is 0 Å². The first-order valence-electron chi connectivity index (χ1n) is 8.72. The molecular formula is C18H31N3O2. The number of rotatable bonds is 5. The van der Waals surface area contributed by atoms with Crippen LogP contribution < -0.4 is 10.6 Å². The molecule has 0 radical (unpaired) electrons. The highest BCUT2D eigenvalue weighted by Crippen LogP contribution is 2.28. The quantitative estimate of drug-likeness (QED) is 0.875. The van der Waals surface area contributed by atoms with Crippen molar-refractivity contribution in [2.24, 2.45) is 11.8 Å². The van der Waals surface area contributed by atoms with Gasteiger partial charge in [-0.2, -0.15) is 0 Å². The van der Waals surface area contributed by atoms with Gasteiger partial charge in [0.05, 0.1) is 5.69 Å². The molecule has 2 unspecified atom stereocenters. The Bertz CT molecular complexity index is 517. The van der Waals surface area contributed by atoms with Gasteiger partial charge in [-0.15, -0.1) is 0 Å². The van der Waals surface area contributed by atoms with Crippen LogP contribution in [0.15, 0.2) is 10.6 Å². The summed E-state index contributed by atoms with van der Waals surface area (Å²) in [5.41, 5.74) is 0.977. The van der Waals surface area contributed by atoms with E-state index in [4.69, 9.17) is 4.52 Å². The van der Waals surface area contributed by atoms with Crippen molar-refractivity contribution in [2.75, 3.05) is 13.1 Å². The smallest absolute Gasteiger partial charge is 0.220 e. The summed E-state index contributed by atoms with van der Waals surface area (Å²) in [7, 11) is 0. The van der Waals surface area contributed by atoms with Gasteiger partial charge in [0.2, 0.25) is 5.91 Å². The zero-order chi connectivity index (χ0) is 17.0. The van der Waals surface area contributed by atoms with Crippen LogP contribution in [0.25, 0.3) is 0 Å². The first-order valence-corrected chi connectivity index (χ1v) is 8.72. The number of nitrogens with one attached hydrogen (secondary N) is 2. The fraction of sp³-hybridized carbons (Fsp3) is 0.778. The fourth-order valence-electron chi connectivity index (χ4n) is 3.13. The van der Waals surface area contributed by atoms with Crippen molar-refractivity contribution in [2.45, 2.75) is 65.3 Å². The van der Waals surface area contributed by atoms with Gasteiger partial charge in [-0.1, -0.05) is 25.9 Å². The Morgan fingerprint density at radius 3 is 2.78 bits per heavy atom. The summed E-state index contributed by atoms with van der Waals surface area (Å²) >= 11 is 0. The molecule has 0 aromatic carbocycles. The third-order valence-corrected chi connectivity index (χ3v) is 4.43. The SMILES string of the molecule is CC(C)NC(=O)CC1CCNCC1Cc1cc(C(C)(C)C)on1. The molecule has 2 heterocycles. The zero-order valence-electron chi connectivity index (χ0n) is 15.1. The lowest BCUT2D eigenvalue weighted by atomic mass is 9.81. The minimum atomic E-state index is -0.0212. The van der Waals surface area contributed by atoms with Crippen LogP contribution >= 0.6 is 0 Å². The van der Waals surface area contributed by atoms with Crippen LogP contribution in [-0.4, -0.2) is 30.2 Å². The number of hydrogen-bond acceptors (Lipinski definition) is 4. The third-order valence-electron chi connectivity index (χ3n) is 4.43. The van der Waals surface area contributed by atoms with E-state index in [1.165, 1.54) is 0 Å². The molecule has 2 N–H and O–H groups in total. The van der Waals surface area contributed by atoms with E-state index >= 15 is 0 Å². The van der Waals surface area contributed by atoms with Gasteiger partial charge in [0.1, 0.15) is 5.76 Å². The second-order valence-corrected chi connectivity index (χ2v) is 8.08. The molecule has 2 rings (SSSR count). The Labute approximate surface area is 139 Å². The molecule has 23 heavy (non-hydrogen) atoms. The first-order chi connectivity index (χ1) is 10.8. The van der Waals surface area contributed by atoms with E-state index in [1.54, 1.807) is 0 Å². The molecule has 1 aromatic rings. The van der Waals surface area contributed by atoms with Crippen LogP contribution in [-0.2, 0) is 16.6 Å². The summed E-state index contributed by atoms with van der Waals surface area (Å²) in [4.78, 5) is 12.1. The van der Waals surface area contributed by atoms with E-state index in [0.717, 1.165) is 37.4 Å². The van der Waals surface area contributed by atoms with Crippen LogP contribution in [0.5, 0.6) is 0 Å². The van der Waals surface area contributed by atoms with Crippen LogP contribution in [0.3, 0.4) is 0 Å². The predicted octanol–water partition coefficient (Wildman–Crippen LogP) is 2.66. The first kappa shape index (κ1) is 18.0. The molecule has 1 saturated heterocycles. The van der Waals surface area contributed by atoms with Gasteiger partial charge in [-0.25, -0.2) is 0 Å². The maximum atomic E-state index is 12.1. The standard InChI is InChI=1S/C18H31N3O2/c1-12(2)20-17(22)9-13-6-7-19-11-14(13)8-15-10-16(23-21-15)18(3,4)5/h10,12-14,19H,6-9,11H2,1-5H3,(H,20,22). The Balaban J connectivity index is 1.98. The lowest BCUT2D eigenvalue weighted by Gasteiger charge is -2.31. The van der Waals surface area contributed by atoms with Crippen molar-refractivity contribution in [1.29, 1.82) is 0 Å². The Morgan fingerprint density at radius 2 is 2.17 bits per heavy atom. The number of hydrogen-bond donors (Lipinski definition) is 2. The van der Waals surface area contributed by atoms with Gasteiger partial charge in [0.25, 0.3) is 0 Å². The Kier molecular flexibility index (Phi) is 5.84. The topological polar surface area (TPSA) is 67.2 Å². The summed E-state index contributed by atoms with van der Waals surface area (Å²) in [5, 5.41) is 10.7. The molecule has 0 spiro atoms. The maximum absolute atomic E-state index is 12.1. The predicted molar refractivity (Wildman–Crippen MR) is 91.3 cm³/mol. The summed E-state index contributed by atoms with van der Waals surface area (Å²) in [5.74, 6) is 1.92. The monoisotopic (exact) mass is 321 g/mol. The van der Waals surface area contributed by atoms with E-state index in [2.05, 4.69) is 42.6 Å². The summed E-state index contributed by atoms with van der Waals surface area (Å²) in [6.45, 7) is 12.3. The minimum Gasteiger partial charge on any atom is -0.361 e. The van der Waals surface area contributed by atoms with Gasteiger partial charge in [0.15, 0.2) is 0 Å². The van der Waals surface area contributed by atoms with Gasteiger partial charge in [0, 0.05) is 23.9 Å². The molecule has 1 fully saturated rings. The van der Waals surface area contributed by atoms with Crippen LogP contribution in [0, 0.1) is 11.8 Å². The van der Waals surface area contributed by atoms with E-state index in [9.17, 15) is 4.79 Å². The molecular weight excluding hydrogens is 290 g/mol. The second-order valence-electron chi connectivity index (χ2n) is 8.08. The van der Waals surface area contributed by atoms with E-state index in [0.29, 0.717) is 18.3 Å². The summed E-state index contributed by atoms with van der Waals surface area (Å²) < 4.78 is 5.49. The largest absolute Gasteiger partial charge is 0.361 e. The van der Waals surface area contributed by atoms with Crippen molar-refractivity contribution in [3.8, 4) is 0 Å². The molecule has 5 nitrogen and oxygen atoms in total. The molecule has 0 bridgehead atoms. The number of nitrogens with zero attached hydrogens (tertiary/aromatic N) is 1. The highest BCUT2D eigenvalue weighted by Gasteiger charge is 2.29. The number of piperidine rings is 1. The lowest BCUT2D eigenvalue weighted by molar-refractivity contribution is -0.123. The third kappa shape index (κ3) is 5.34. The van der Waals surface area contributed by atoms with Crippen LogP contribution in [0.4, 0.5) is 0 Å². The maximum Gasteiger partial charge on any atom is 0.220 e. The number of carbonyl (C=O) groups is 1. The van der Waals surface area contributed by atoms with Crippen molar-refractivity contribution in [3.63, 3.8) is 0 Å². The number of carbonyl (C=O) groups excluding carboxylic acids is 1. The highest BCUT2D eigenvalue weighted by atomic mass is 16.5. The lowest BCUT2D eigenvalue weighted by Crippen LogP contribution is -2.41. The van der Waals surface area contributed by atoms with Crippen LogP contribution in [0.2, 0.25) is 0 Å². The average Bonchev–Trinajstić information content (AvgIpc) is 2.88. The summed E-state index contributed by atoms with van der Waals surface area (Å²) in [6.07, 6.45) is 2.51. The fourth-order valence-corrected chi connectivity index (χ4v) is 3.13. The molecule has 5 heteroatoms.